The van der Waals surface area contributed by atoms with E-state index in [1.807, 2.05) is 0 Å². The molecule has 0 aromatic carbocycles. The summed E-state index contributed by atoms with van der Waals surface area (Å²) in [5.74, 6) is -1.29. The molecule has 1 saturated carbocycles. The topological polar surface area (TPSA) is 89.4 Å². The summed E-state index contributed by atoms with van der Waals surface area (Å²) in [7, 11) is 0. The third kappa shape index (κ3) is 6.48. The number of urea groups is 1. The molecule has 29 heavy (non-hydrogen) atoms. The molecule has 7 heteroatoms. The van der Waals surface area contributed by atoms with Crippen molar-refractivity contribution in [1.82, 2.24) is 15.2 Å². The SMILES string of the molecule is Cc1cc(/C=C/C(=O)O[C@@H](C)C(=O)NC(=O)NC(C)C)c(C)n1C1CCCCC1. The van der Waals surface area contributed by atoms with Gasteiger partial charge in [0, 0.05) is 29.5 Å². The molecule has 1 aromatic heterocycles. The van der Waals surface area contributed by atoms with Gasteiger partial charge >= 0.3 is 12.0 Å². The van der Waals surface area contributed by atoms with Crippen molar-refractivity contribution in [2.24, 2.45) is 0 Å². The van der Waals surface area contributed by atoms with Crippen LogP contribution < -0.4 is 10.6 Å². The number of amides is 3. The first kappa shape index (κ1) is 22.7. The second-order valence-electron chi connectivity index (χ2n) is 8.02. The van der Waals surface area contributed by atoms with Crippen LogP contribution >= 0.6 is 0 Å². The van der Waals surface area contributed by atoms with Crippen LogP contribution in [-0.4, -0.2) is 34.6 Å². The number of nitrogens with zero attached hydrogens (tertiary/aromatic N) is 1. The lowest BCUT2D eigenvalue weighted by molar-refractivity contribution is -0.149. The lowest BCUT2D eigenvalue weighted by Gasteiger charge is -2.26. The van der Waals surface area contributed by atoms with Crippen LogP contribution in [0.1, 0.15) is 75.9 Å². The third-order valence-corrected chi connectivity index (χ3v) is 5.18. The van der Waals surface area contributed by atoms with E-state index in [-0.39, 0.29) is 6.04 Å². The van der Waals surface area contributed by atoms with E-state index < -0.39 is 24.0 Å². The van der Waals surface area contributed by atoms with Crippen LogP contribution in [-0.2, 0) is 14.3 Å². The average molecular weight is 404 g/mol. The highest BCUT2D eigenvalue weighted by atomic mass is 16.5. The standard InChI is InChI=1S/C22H33N3O4/c1-14(2)23-22(28)24-21(27)17(5)29-20(26)12-11-18-13-15(3)25(16(18)4)19-9-7-6-8-10-19/h11-14,17,19H,6-10H2,1-5H3,(H2,23,24,27,28)/b12-11+/t17-/m0/s1. The predicted octanol–water partition coefficient (Wildman–Crippen LogP) is 3.79. The summed E-state index contributed by atoms with van der Waals surface area (Å²) in [6.45, 7) is 9.15. The minimum absolute atomic E-state index is 0.101. The van der Waals surface area contributed by atoms with Gasteiger partial charge in [0.25, 0.3) is 5.91 Å². The predicted molar refractivity (Wildman–Crippen MR) is 112 cm³/mol. The lowest BCUT2D eigenvalue weighted by Crippen LogP contribution is -2.46. The Balaban J connectivity index is 1.95. The molecule has 0 saturated heterocycles. The zero-order valence-electron chi connectivity index (χ0n) is 18.1. The van der Waals surface area contributed by atoms with Crippen molar-refractivity contribution < 1.29 is 19.1 Å². The molecule has 1 aromatic rings. The van der Waals surface area contributed by atoms with Gasteiger partial charge in [-0.05, 0) is 65.2 Å². The fourth-order valence-electron chi connectivity index (χ4n) is 3.81. The molecule has 2 rings (SSSR count). The Kier molecular flexibility index (Phi) is 8.05. The van der Waals surface area contributed by atoms with Crippen LogP contribution in [0.4, 0.5) is 4.79 Å². The molecular weight excluding hydrogens is 370 g/mol. The van der Waals surface area contributed by atoms with Crippen LogP contribution in [0.25, 0.3) is 6.08 Å². The van der Waals surface area contributed by atoms with Crippen LogP contribution in [0.2, 0.25) is 0 Å². The Morgan fingerprint density at radius 1 is 1.14 bits per heavy atom. The zero-order valence-corrected chi connectivity index (χ0v) is 18.1. The van der Waals surface area contributed by atoms with E-state index in [4.69, 9.17) is 4.74 Å². The average Bonchev–Trinajstić information content (AvgIpc) is 2.93. The normalized spacial score (nSPS) is 16.1. The largest absolute Gasteiger partial charge is 0.449 e. The fourth-order valence-corrected chi connectivity index (χ4v) is 3.81. The molecule has 3 amide bonds. The van der Waals surface area contributed by atoms with E-state index >= 15 is 0 Å². The summed E-state index contributed by atoms with van der Waals surface area (Å²) in [6, 6.07) is 1.88. The van der Waals surface area contributed by atoms with Crippen molar-refractivity contribution in [3.63, 3.8) is 0 Å². The van der Waals surface area contributed by atoms with Gasteiger partial charge in [-0.15, -0.1) is 0 Å². The summed E-state index contributed by atoms with van der Waals surface area (Å²) in [5.41, 5.74) is 3.29. The van der Waals surface area contributed by atoms with Crippen molar-refractivity contribution in [2.75, 3.05) is 0 Å². The number of carbonyl (C=O) groups excluding carboxylic acids is 3. The molecule has 1 aliphatic carbocycles. The van der Waals surface area contributed by atoms with E-state index in [1.165, 1.54) is 50.8 Å². The molecule has 1 atom stereocenters. The summed E-state index contributed by atoms with van der Waals surface area (Å²) in [6.07, 6.45) is 8.18. The smallest absolute Gasteiger partial charge is 0.331 e. The highest BCUT2D eigenvalue weighted by Gasteiger charge is 2.21. The van der Waals surface area contributed by atoms with Gasteiger partial charge < -0.3 is 14.6 Å². The van der Waals surface area contributed by atoms with Crippen molar-refractivity contribution in [3.8, 4) is 0 Å². The van der Waals surface area contributed by atoms with Crippen LogP contribution in [0.5, 0.6) is 0 Å². The minimum Gasteiger partial charge on any atom is -0.449 e. The molecule has 1 aliphatic rings. The molecule has 0 bridgehead atoms. The highest BCUT2D eigenvalue weighted by Crippen LogP contribution is 2.32. The monoisotopic (exact) mass is 403 g/mol. The van der Waals surface area contributed by atoms with Crippen molar-refractivity contribution in [2.45, 2.75) is 84.9 Å². The third-order valence-electron chi connectivity index (χ3n) is 5.18. The first-order valence-electron chi connectivity index (χ1n) is 10.4. The van der Waals surface area contributed by atoms with E-state index in [2.05, 4.69) is 35.1 Å². The molecule has 2 N–H and O–H groups in total. The Morgan fingerprint density at radius 3 is 2.41 bits per heavy atom. The molecule has 1 fully saturated rings. The van der Waals surface area contributed by atoms with E-state index in [1.54, 1.807) is 19.9 Å². The molecule has 7 nitrogen and oxygen atoms in total. The minimum atomic E-state index is -1.07. The molecule has 1 heterocycles. The number of hydrogen-bond donors (Lipinski definition) is 2. The zero-order chi connectivity index (χ0) is 21.6. The highest BCUT2D eigenvalue weighted by molar-refractivity contribution is 5.98. The van der Waals surface area contributed by atoms with E-state index in [0.29, 0.717) is 6.04 Å². The Morgan fingerprint density at radius 2 is 1.79 bits per heavy atom. The van der Waals surface area contributed by atoms with Gasteiger partial charge in [-0.1, -0.05) is 19.3 Å². The summed E-state index contributed by atoms with van der Waals surface area (Å²) >= 11 is 0. The lowest BCUT2D eigenvalue weighted by atomic mass is 9.95. The maximum atomic E-state index is 12.1. The van der Waals surface area contributed by atoms with Crippen molar-refractivity contribution in [3.05, 3.63) is 29.1 Å². The van der Waals surface area contributed by atoms with Crippen LogP contribution in [0, 0.1) is 13.8 Å². The Labute approximate surface area is 172 Å². The number of aromatic nitrogens is 1. The number of rotatable bonds is 6. The maximum Gasteiger partial charge on any atom is 0.331 e. The number of imide groups is 1. The summed E-state index contributed by atoms with van der Waals surface area (Å²) < 4.78 is 7.48. The van der Waals surface area contributed by atoms with Gasteiger partial charge in [0.2, 0.25) is 0 Å². The second kappa shape index (κ2) is 10.3. The Bertz CT molecular complexity index is 773. The number of carbonyl (C=O) groups is 3. The number of aryl methyl sites for hydroxylation is 1. The molecule has 0 spiro atoms. The first-order chi connectivity index (χ1) is 13.7. The quantitative estimate of drug-likeness (QED) is 0.559. The number of nitrogens with one attached hydrogen (secondary N) is 2. The van der Waals surface area contributed by atoms with Gasteiger partial charge in [0.05, 0.1) is 0 Å². The number of esters is 1. The fraction of sp³-hybridized carbons (Fsp3) is 0.591. The maximum absolute atomic E-state index is 12.1. The van der Waals surface area contributed by atoms with Gasteiger partial charge in [-0.3, -0.25) is 10.1 Å². The summed E-state index contributed by atoms with van der Waals surface area (Å²) in [5, 5.41) is 4.69. The second-order valence-corrected chi connectivity index (χ2v) is 8.02. The van der Waals surface area contributed by atoms with Crippen molar-refractivity contribution in [1.29, 1.82) is 0 Å². The van der Waals surface area contributed by atoms with Gasteiger partial charge in [-0.2, -0.15) is 0 Å². The molecule has 160 valence electrons. The van der Waals surface area contributed by atoms with Gasteiger partial charge in [0.1, 0.15) is 0 Å². The Hall–Kier alpha value is -2.57. The van der Waals surface area contributed by atoms with Gasteiger partial charge in [0.15, 0.2) is 6.10 Å². The van der Waals surface area contributed by atoms with Crippen LogP contribution in [0.15, 0.2) is 12.1 Å². The molecular formula is C22H33N3O4. The number of hydrogen-bond acceptors (Lipinski definition) is 4. The first-order valence-corrected chi connectivity index (χ1v) is 10.4. The van der Waals surface area contributed by atoms with Crippen molar-refractivity contribution >= 4 is 24.0 Å². The van der Waals surface area contributed by atoms with E-state index in [0.717, 1.165) is 11.3 Å². The molecule has 0 radical (unpaired) electrons. The molecule has 0 aliphatic heterocycles. The summed E-state index contributed by atoms with van der Waals surface area (Å²) in [4.78, 5) is 35.6. The van der Waals surface area contributed by atoms with E-state index in [9.17, 15) is 14.4 Å². The molecule has 0 unspecified atom stereocenters. The number of ether oxygens (including phenoxy) is 1. The van der Waals surface area contributed by atoms with Gasteiger partial charge in [-0.25, -0.2) is 9.59 Å². The van der Waals surface area contributed by atoms with Crippen LogP contribution in [0.3, 0.4) is 0 Å².